The van der Waals surface area contributed by atoms with E-state index in [1.807, 2.05) is 29.2 Å². The van der Waals surface area contributed by atoms with Crippen molar-refractivity contribution in [2.24, 2.45) is 0 Å². The van der Waals surface area contributed by atoms with Crippen molar-refractivity contribution in [1.82, 2.24) is 9.88 Å². The normalized spacial score (nSPS) is 19.6. The molecule has 1 N–H and O–H groups in total. The maximum Gasteiger partial charge on any atom is 0.320 e. The number of hydrogen-bond acceptors (Lipinski definition) is 3. The molecule has 1 aliphatic rings. The van der Waals surface area contributed by atoms with E-state index in [0.717, 1.165) is 29.4 Å². The molecule has 5 heteroatoms. The van der Waals surface area contributed by atoms with Crippen LogP contribution in [-0.2, 0) is 11.3 Å². The summed E-state index contributed by atoms with van der Waals surface area (Å²) in [6.45, 7) is 1.38. The number of halogens is 1. The lowest BCUT2D eigenvalue weighted by Crippen LogP contribution is -2.35. The number of carbonyl (C=O) groups is 1. The van der Waals surface area contributed by atoms with Crippen molar-refractivity contribution in [1.29, 1.82) is 0 Å². The number of carboxylic acid groups (broad SMARTS) is 1. The summed E-state index contributed by atoms with van der Waals surface area (Å²) < 4.78 is 0. The zero-order valence-corrected chi connectivity index (χ0v) is 11.7. The van der Waals surface area contributed by atoms with Crippen LogP contribution in [0.4, 0.5) is 0 Å². The molecule has 20 heavy (non-hydrogen) atoms. The number of fused-ring (bicyclic) bond motifs is 1. The molecule has 0 amide bonds. The molecule has 0 bridgehead atoms. The van der Waals surface area contributed by atoms with E-state index < -0.39 is 12.0 Å². The number of likely N-dealkylation sites (tertiary alicyclic amines) is 1. The number of pyridine rings is 1. The number of benzene rings is 1. The summed E-state index contributed by atoms with van der Waals surface area (Å²) in [7, 11) is 0. The van der Waals surface area contributed by atoms with Gasteiger partial charge in [0.1, 0.15) is 6.04 Å². The zero-order chi connectivity index (χ0) is 14.1. The fourth-order valence-electron chi connectivity index (χ4n) is 2.86. The highest BCUT2D eigenvalue weighted by Gasteiger charge is 2.30. The lowest BCUT2D eigenvalue weighted by atomic mass is 10.1. The number of rotatable bonds is 3. The Kier molecular flexibility index (Phi) is 3.59. The Hall–Kier alpha value is -1.65. The van der Waals surface area contributed by atoms with Gasteiger partial charge in [-0.15, -0.1) is 0 Å². The minimum atomic E-state index is -0.748. The van der Waals surface area contributed by atoms with Crippen LogP contribution in [0.25, 0.3) is 10.9 Å². The van der Waals surface area contributed by atoms with Crippen LogP contribution in [-0.4, -0.2) is 33.5 Å². The van der Waals surface area contributed by atoms with Crippen LogP contribution in [0, 0.1) is 0 Å². The predicted molar refractivity (Wildman–Crippen MR) is 77.8 cm³/mol. The molecule has 1 saturated heterocycles. The first-order valence-corrected chi connectivity index (χ1v) is 7.03. The van der Waals surface area contributed by atoms with Crippen LogP contribution >= 0.6 is 11.6 Å². The average Bonchev–Trinajstić information content (AvgIpc) is 2.87. The van der Waals surface area contributed by atoms with Crippen molar-refractivity contribution in [2.45, 2.75) is 25.4 Å². The Balaban J connectivity index is 1.96. The van der Waals surface area contributed by atoms with Crippen molar-refractivity contribution in [3.63, 3.8) is 0 Å². The first-order valence-electron chi connectivity index (χ1n) is 6.65. The summed E-state index contributed by atoms with van der Waals surface area (Å²) in [5.41, 5.74) is 1.88. The molecule has 0 unspecified atom stereocenters. The third-order valence-electron chi connectivity index (χ3n) is 3.77. The molecule has 2 heterocycles. The van der Waals surface area contributed by atoms with Gasteiger partial charge in [0.05, 0.1) is 5.52 Å². The van der Waals surface area contributed by atoms with Gasteiger partial charge in [-0.05, 0) is 43.1 Å². The van der Waals surface area contributed by atoms with Gasteiger partial charge in [-0.25, -0.2) is 0 Å². The summed E-state index contributed by atoms with van der Waals surface area (Å²) in [5, 5.41) is 10.9. The first kappa shape index (κ1) is 13.3. The minimum Gasteiger partial charge on any atom is -0.480 e. The van der Waals surface area contributed by atoms with Crippen LogP contribution in [0.2, 0.25) is 5.02 Å². The molecular weight excluding hydrogens is 276 g/mol. The van der Waals surface area contributed by atoms with Crippen LogP contribution in [0.3, 0.4) is 0 Å². The quantitative estimate of drug-likeness (QED) is 0.944. The number of hydrogen-bond donors (Lipinski definition) is 1. The summed E-state index contributed by atoms with van der Waals surface area (Å²) >= 11 is 6.15. The minimum absolute atomic E-state index is 0.396. The van der Waals surface area contributed by atoms with E-state index in [4.69, 9.17) is 11.6 Å². The summed E-state index contributed by atoms with van der Waals surface area (Å²) in [5.74, 6) is -0.748. The monoisotopic (exact) mass is 290 g/mol. The molecule has 0 aliphatic carbocycles. The number of carboxylic acids is 1. The van der Waals surface area contributed by atoms with E-state index >= 15 is 0 Å². The molecule has 4 nitrogen and oxygen atoms in total. The molecule has 1 fully saturated rings. The molecule has 1 aromatic carbocycles. The van der Waals surface area contributed by atoms with Crippen molar-refractivity contribution >= 4 is 28.5 Å². The second-order valence-electron chi connectivity index (χ2n) is 5.11. The van der Waals surface area contributed by atoms with Gasteiger partial charge in [0.15, 0.2) is 0 Å². The Morgan fingerprint density at radius 3 is 3.15 bits per heavy atom. The van der Waals surface area contributed by atoms with Gasteiger partial charge in [-0.1, -0.05) is 17.7 Å². The van der Waals surface area contributed by atoms with Gasteiger partial charge >= 0.3 is 5.97 Å². The van der Waals surface area contributed by atoms with E-state index in [9.17, 15) is 9.90 Å². The highest BCUT2D eigenvalue weighted by molar-refractivity contribution is 6.31. The summed E-state index contributed by atoms with van der Waals surface area (Å²) in [6.07, 6.45) is 3.38. The van der Waals surface area contributed by atoms with Crippen molar-refractivity contribution in [3.8, 4) is 0 Å². The van der Waals surface area contributed by atoms with Gasteiger partial charge < -0.3 is 5.11 Å². The first-order chi connectivity index (χ1) is 9.65. The van der Waals surface area contributed by atoms with Crippen molar-refractivity contribution in [3.05, 3.63) is 41.0 Å². The highest BCUT2D eigenvalue weighted by Crippen LogP contribution is 2.26. The van der Waals surface area contributed by atoms with Gasteiger partial charge in [0, 0.05) is 23.2 Å². The third kappa shape index (κ3) is 2.49. The smallest absolute Gasteiger partial charge is 0.320 e. The van der Waals surface area contributed by atoms with Crippen LogP contribution in [0.1, 0.15) is 18.4 Å². The lowest BCUT2D eigenvalue weighted by molar-refractivity contribution is -0.142. The zero-order valence-electron chi connectivity index (χ0n) is 10.9. The van der Waals surface area contributed by atoms with Crippen molar-refractivity contribution < 1.29 is 9.90 Å². The average molecular weight is 291 g/mol. The lowest BCUT2D eigenvalue weighted by Gasteiger charge is -2.21. The molecule has 2 aromatic rings. The maximum absolute atomic E-state index is 11.2. The van der Waals surface area contributed by atoms with Gasteiger partial charge in [-0.2, -0.15) is 0 Å². The van der Waals surface area contributed by atoms with Crippen LogP contribution < -0.4 is 0 Å². The third-order valence-corrected chi connectivity index (χ3v) is 3.99. The van der Waals surface area contributed by atoms with E-state index in [-0.39, 0.29) is 0 Å². The topological polar surface area (TPSA) is 53.4 Å². The maximum atomic E-state index is 11.2. The van der Waals surface area contributed by atoms with Gasteiger partial charge in [0.25, 0.3) is 0 Å². The molecule has 1 atom stereocenters. The predicted octanol–water partition coefficient (Wildman–Crippen LogP) is 2.94. The largest absolute Gasteiger partial charge is 0.480 e. The van der Waals surface area contributed by atoms with E-state index in [2.05, 4.69) is 4.98 Å². The van der Waals surface area contributed by atoms with E-state index in [1.165, 1.54) is 0 Å². The van der Waals surface area contributed by atoms with Gasteiger partial charge in [0.2, 0.25) is 0 Å². The van der Waals surface area contributed by atoms with Crippen molar-refractivity contribution in [2.75, 3.05) is 6.54 Å². The molecule has 3 rings (SSSR count). The molecule has 104 valence electrons. The highest BCUT2D eigenvalue weighted by atomic mass is 35.5. The van der Waals surface area contributed by atoms with Crippen LogP contribution in [0.5, 0.6) is 0 Å². The molecule has 0 saturated carbocycles. The fourth-order valence-corrected chi connectivity index (χ4v) is 3.11. The summed E-state index contributed by atoms with van der Waals surface area (Å²) in [4.78, 5) is 17.6. The van der Waals surface area contributed by atoms with Gasteiger partial charge in [-0.3, -0.25) is 14.7 Å². The molecule has 1 aromatic heterocycles. The fraction of sp³-hybridized carbons (Fsp3) is 0.333. The van der Waals surface area contributed by atoms with Crippen LogP contribution in [0.15, 0.2) is 30.5 Å². The second-order valence-corrected chi connectivity index (χ2v) is 5.54. The van der Waals surface area contributed by atoms with E-state index in [1.54, 1.807) is 6.20 Å². The number of aromatic nitrogens is 1. The Labute approximate surface area is 122 Å². The molecular formula is C15H15ClN2O2. The van der Waals surface area contributed by atoms with E-state index in [0.29, 0.717) is 18.0 Å². The molecule has 0 spiro atoms. The summed E-state index contributed by atoms with van der Waals surface area (Å²) in [6, 6.07) is 7.21. The standard InChI is InChI=1S/C15H15ClN2O2/c16-12-7-10-3-1-5-17-14(10)11(8-12)9-18-6-2-4-13(18)15(19)20/h1,3,5,7-8,13H,2,4,6,9H2,(H,19,20)/t13-/m1/s1. The SMILES string of the molecule is O=C(O)[C@H]1CCCN1Cc1cc(Cl)cc2cccnc12. The Morgan fingerprint density at radius 1 is 1.50 bits per heavy atom. The number of nitrogens with zero attached hydrogens (tertiary/aromatic N) is 2. The molecule has 0 radical (unpaired) electrons. The molecule has 1 aliphatic heterocycles. The Bertz CT molecular complexity index is 659. The Morgan fingerprint density at radius 2 is 2.35 bits per heavy atom. The number of aliphatic carboxylic acids is 1. The second kappa shape index (κ2) is 5.38.